The molecule has 0 saturated heterocycles. The first-order chi connectivity index (χ1) is 9.44. The van der Waals surface area contributed by atoms with Crippen LogP contribution in [0, 0.1) is 12.3 Å². The van der Waals surface area contributed by atoms with E-state index in [9.17, 15) is 0 Å². The summed E-state index contributed by atoms with van der Waals surface area (Å²) in [5, 5.41) is 4.93. The molecule has 1 aliphatic carbocycles. The van der Waals surface area contributed by atoms with Gasteiger partial charge in [0.05, 0.1) is 10.6 Å². The first-order valence-corrected chi connectivity index (χ1v) is 7.96. The van der Waals surface area contributed by atoms with E-state index in [2.05, 4.69) is 24.0 Å². The van der Waals surface area contributed by atoms with Gasteiger partial charge in [-0.25, -0.2) is 0 Å². The van der Waals surface area contributed by atoms with Gasteiger partial charge in [0.15, 0.2) is 5.82 Å². The topological polar surface area (TPSA) is 64.9 Å². The van der Waals surface area contributed by atoms with Crippen molar-refractivity contribution in [2.45, 2.75) is 52.4 Å². The summed E-state index contributed by atoms with van der Waals surface area (Å²) >= 11 is 1.56. The van der Waals surface area contributed by atoms with Crippen LogP contribution in [0.5, 0.6) is 0 Å². The predicted molar refractivity (Wildman–Crippen MR) is 81.8 cm³/mol. The van der Waals surface area contributed by atoms with Crippen molar-refractivity contribution in [3.8, 4) is 11.5 Å². The molecule has 0 amide bonds. The fourth-order valence-corrected chi connectivity index (χ4v) is 3.65. The fourth-order valence-electron chi connectivity index (χ4n) is 2.87. The van der Waals surface area contributed by atoms with Crippen LogP contribution >= 0.6 is 11.3 Å². The number of hydrogen-bond donors (Lipinski definition) is 1. The van der Waals surface area contributed by atoms with Crippen LogP contribution in [0.1, 0.15) is 56.2 Å². The molecule has 4 nitrogen and oxygen atoms in total. The Kier molecular flexibility index (Phi) is 3.32. The van der Waals surface area contributed by atoms with Gasteiger partial charge in [0, 0.05) is 10.8 Å². The molecule has 0 aromatic carbocycles. The quantitative estimate of drug-likeness (QED) is 0.892. The number of anilines is 1. The van der Waals surface area contributed by atoms with E-state index >= 15 is 0 Å². The Morgan fingerprint density at radius 3 is 2.65 bits per heavy atom. The van der Waals surface area contributed by atoms with Crippen molar-refractivity contribution in [1.29, 1.82) is 0 Å². The summed E-state index contributed by atoms with van der Waals surface area (Å²) in [7, 11) is 0. The maximum atomic E-state index is 5.99. The fraction of sp³-hybridized carbons (Fsp3) is 0.600. The molecule has 0 spiro atoms. The molecule has 0 radical (unpaired) electrons. The lowest BCUT2D eigenvalue weighted by Crippen LogP contribution is -2.20. The van der Waals surface area contributed by atoms with Gasteiger partial charge in [0.1, 0.15) is 0 Å². The van der Waals surface area contributed by atoms with Crippen molar-refractivity contribution < 1.29 is 4.52 Å². The molecular weight excluding hydrogens is 270 g/mol. The minimum Gasteiger partial charge on any atom is -0.390 e. The lowest BCUT2D eigenvalue weighted by Gasteiger charge is -2.32. The maximum absolute atomic E-state index is 5.99. The standard InChI is InChI=1S/C15H21N3OS/c1-9-8-11(12(16)20-9)14-17-13(18-19-14)10-4-6-15(2,3)7-5-10/h8,10H,4-7,16H2,1-3H3. The monoisotopic (exact) mass is 291 g/mol. The molecule has 1 saturated carbocycles. The normalized spacial score (nSPS) is 19.4. The molecule has 2 heterocycles. The van der Waals surface area contributed by atoms with E-state index in [0.29, 0.717) is 17.2 Å². The number of nitrogens with two attached hydrogens (primary N) is 1. The molecule has 1 fully saturated rings. The molecule has 3 rings (SSSR count). The Balaban J connectivity index is 1.79. The number of thiophene rings is 1. The van der Waals surface area contributed by atoms with Crippen molar-refractivity contribution >= 4 is 16.3 Å². The molecule has 5 heteroatoms. The molecule has 20 heavy (non-hydrogen) atoms. The second-order valence-corrected chi connectivity index (χ2v) is 7.82. The molecule has 0 bridgehead atoms. The Labute approximate surface area is 123 Å². The minimum atomic E-state index is 0.432. The number of nitrogens with zero attached hydrogens (tertiary/aromatic N) is 2. The summed E-state index contributed by atoms with van der Waals surface area (Å²) in [6.07, 6.45) is 4.73. The van der Waals surface area contributed by atoms with Gasteiger partial charge in [-0.2, -0.15) is 4.98 Å². The molecule has 2 N–H and O–H groups in total. The minimum absolute atomic E-state index is 0.432. The third-order valence-corrected chi connectivity index (χ3v) is 5.14. The van der Waals surface area contributed by atoms with Gasteiger partial charge < -0.3 is 10.3 Å². The maximum Gasteiger partial charge on any atom is 0.260 e. The van der Waals surface area contributed by atoms with Gasteiger partial charge in [-0.05, 0) is 44.1 Å². The Morgan fingerprint density at radius 2 is 2.05 bits per heavy atom. The smallest absolute Gasteiger partial charge is 0.260 e. The number of hydrogen-bond acceptors (Lipinski definition) is 5. The van der Waals surface area contributed by atoms with E-state index in [1.807, 2.05) is 13.0 Å². The van der Waals surface area contributed by atoms with Crippen LogP contribution in [0.25, 0.3) is 11.5 Å². The van der Waals surface area contributed by atoms with Crippen LogP contribution in [0.2, 0.25) is 0 Å². The van der Waals surface area contributed by atoms with Gasteiger partial charge in [0.2, 0.25) is 0 Å². The third kappa shape index (κ3) is 2.59. The highest BCUT2D eigenvalue weighted by atomic mass is 32.1. The van der Waals surface area contributed by atoms with E-state index in [-0.39, 0.29) is 0 Å². The highest BCUT2D eigenvalue weighted by molar-refractivity contribution is 7.16. The lowest BCUT2D eigenvalue weighted by molar-refractivity contribution is 0.218. The van der Waals surface area contributed by atoms with E-state index in [1.165, 1.54) is 12.8 Å². The number of rotatable bonds is 2. The van der Waals surface area contributed by atoms with E-state index in [1.54, 1.807) is 11.3 Å². The molecule has 2 aromatic heterocycles. The second kappa shape index (κ2) is 4.88. The van der Waals surface area contributed by atoms with Gasteiger partial charge in [0.25, 0.3) is 5.89 Å². The second-order valence-electron chi connectivity index (χ2n) is 6.53. The van der Waals surface area contributed by atoms with Crippen LogP contribution in [-0.2, 0) is 0 Å². The average Bonchev–Trinajstić information content (AvgIpc) is 2.96. The number of aryl methyl sites for hydroxylation is 1. The molecule has 0 atom stereocenters. The summed E-state index contributed by atoms with van der Waals surface area (Å²) in [6, 6.07) is 2.02. The van der Waals surface area contributed by atoms with Crippen molar-refractivity contribution in [3.63, 3.8) is 0 Å². The van der Waals surface area contributed by atoms with Gasteiger partial charge in [-0.1, -0.05) is 19.0 Å². The van der Waals surface area contributed by atoms with Gasteiger partial charge >= 0.3 is 0 Å². The summed E-state index contributed by atoms with van der Waals surface area (Å²) < 4.78 is 5.42. The average molecular weight is 291 g/mol. The molecule has 0 aliphatic heterocycles. The summed E-state index contributed by atoms with van der Waals surface area (Å²) in [4.78, 5) is 5.74. The Bertz CT molecular complexity index is 604. The third-order valence-electron chi connectivity index (χ3n) is 4.26. The molecule has 2 aromatic rings. The first kappa shape index (κ1) is 13.6. The van der Waals surface area contributed by atoms with Crippen molar-refractivity contribution in [2.24, 2.45) is 5.41 Å². The van der Waals surface area contributed by atoms with Crippen LogP contribution in [-0.4, -0.2) is 10.1 Å². The van der Waals surface area contributed by atoms with Gasteiger partial charge in [-0.3, -0.25) is 0 Å². The molecule has 0 unspecified atom stereocenters. The Morgan fingerprint density at radius 1 is 1.35 bits per heavy atom. The zero-order valence-electron chi connectivity index (χ0n) is 12.3. The molecule has 108 valence electrons. The number of nitrogen functional groups attached to an aromatic ring is 1. The largest absolute Gasteiger partial charge is 0.390 e. The SMILES string of the molecule is Cc1cc(-c2nc(C3CCC(C)(C)CC3)no2)c(N)s1. The van der Waals surface area contributed by atoms with Crippen molar-refractivity contribution in [2.75, 3.05) is 5.73 Å². The Hall–Kier alpha value is -1.36. The highest BCUT2D eigenvalue weighted by Gasteiger charge is 2.30. The number of aromatic nitrogens is 2. The van der Waals surface area contributed by atoms with Crippen molar-refractivity contribution in [3.05, 3.63) is 16.8 Å². The molecule has 1 aliphatic rings. The summed E-state index contributed by atoms with van der Waals surface area (Å²) in [5.74, 6) is 1.84. The van der Waals surface area contributed by atoms with Crippen LogP contribution in [0.15, 0.2) is 10.6 Å². The lowest BCUT2D eigenvalue weighted by atomic mass is 9.73. The van der Waals surface area contributed by atoms with Crippen LogP contribution in [0.4, 0.5) is 5.00 Å². The molecular formula is C15H21N3OS. The summed E-state index contributed by atoms with van der Waals surface area (Å²) in [5.41, 5.74) is 7.32. The highest BCUT2D eigenvalue weighted by Crippen LogP contribution is 2.42. The zero-order chi connectivity index (χ0) is 14.3. The van der Waals surface area contributed by atoms with Gasteiger partial charge in [-0.15, -0.1) is 11.3 Å². The van der Waals surface area contributed by atoms with Crippen LogP contribution < -0.4 is 5.73 Å². The van der Waals surface area contributed by atoms with Crippen LogP contribution in [0.3, 0.4) is 0 Å². The summed E-state index contributed by atoms with van der Waals surface area (Å²) in [6.45, 7) is 6.70. The van der Waals surface area contributed by atoms with Crippen molar-refractivity contribution in [1.82, 2.24) is 10.1 Å². The van der Waals surface area contributed by atoms with E-state index in [4.69, 9.17) is 10.3 Å². The first-order valence-electron chi connectivity index (χ1n) is 7.14. The zero-order valence-corrected chi connectivity index (χ0v) is 13.1. The predicted octanol–water partition coefficient (Wildman–Crippen LogP) is 4.37. The van der Waals surface area contributed by atoms with E-state index < -0.39 is 0 Å². The van der Waals surface area contributed by atoms with E-state index in [0.717, 1.165) is 34.1 Å².